The van der Waals surface area contributed by atoms with E-state index >= 15 is 0 Å². The summed E-state index contributed by atoms with van der Waals surface area (Å²) in [5, 5.41) is 1.20. The van der Waals surface area contributed by atoms with Gasteiger partial charge in [-0.05, 0) is 29.8 Å². The predicted molar refractivity (Wildman–Crippen MR) is 127 cm³/mol. The Morgan fingerprint density at radius 3 is 2.53 bits per heavy atom. The zero-order chi connectivity index (χ0) is 23.1. The molecule has 0 atom stereocenters. The summed E-state index contributed by atoms with van der Waals surface area (Å²) in [6.45, 7) is 6.18. The fourth-order valence-electron chi connectivity index (χ4n) is 2.86. The Bertz CT molecular complexity index is 1380. The average molecular weight is 509 g/mol. The molecule has 32 heavy (non-hydrogen) atoms. The van der Waals surface area contributed by atoms with E-state index in [0.29, 0.717) is 17.0 Å². The third-order valence-electron chi connectivity index (χ3n) is 4.43. The van der Waals surface area contributed by atoms with Crippen molar-refractivity contribution < 1.29 is 12.8 Å². The molecule has 0 aliphatic rings. The molecule has 0 amide bonds. The number of nitrogens with one attached hydrogen (secondary N) is 1. The highest BCUT2D eigenvalue weighted by Crippen LogP contribution is 2.44. The van der Waals surface area contributed by atoms with Crippen LogP contribution in [0.15, 0.2) is 58.4 Å². The highest BCUT2D eigenvalue weighted by Gasteiger charge is 2.26. The maximum absolute atomic E-state index is 12.6. The molecule has 0 aliphatic heterocycles. The van der Waals surface area contributed by atoms with Gasteiger partial charge in [0.2, 0.25) is 5.28 Å². The summed E-state index contributed by atoms with van der Waals surface area (Å²) in [6, 6.07) is 8.18. The van der Waals surface area contributed by atoms with Crippen molar-refractivity contribution in [1.29, 1.82) is 0 Å². The highest BCUT2D eigenvalue weighted by atomic mass is 35.5. The molecule has 11 heteroatoms. The lowest BCUT2D eigenvalue weighted by atomic mass is 9.98. The molecule has 0 radical (unpaired) electrons. The smallest absolute Gasteiger partial charge is 0.265 e. The van der Waals surface area contributed by atoms with Gasteiger partial charge in [-0.2, -0.15) is 0 Å². The number of anilines is 1. The van der Waals surface area contributed by atoms with Crippen LogP contribution < -0.4 is 4.72 Å². The first-order chi connectivity index (χ1) is 15.1. The molecule has 1 aromatic carbocycles. The van der Waals surface area contributed by atoms with Gasteiger partial charge in [0.05, 0.1) is 38.2 Å². The van der Waals surface area contributed by atoms with E-state index in [1.165, 1.54) is 23.7 Å². The molecule has 0 spiro atoms. The molecule has 0 saturated carbocycles. The van der Waals surface area contributed by atoms with Gasteiger partial charge in [-0.3, -0.25) is 4.72 Å². The van der Waals surface area contributed by atoms with Crippen molar-refractivity contribution in [2.75, 3.05) is 4.72 Å². The van der Waals surface area contributed by atoms with E-state index in [4.69, 9.17) is 32.6 Å². The zero-order valence-electron chi connectivity index (χ0n) is 17.3. The minimum atomic E-state index is -3.86. The molecule has 4 rings (SSSR count). The number of benzene rings is 1. The molecule has 0 bridgehead atoms. The molecule has 7 nitrogen and oxygen atoms in total. The second-order valence-electron chi connectivity index (χ2n) is 7.89. The lowest BCUT2D eigenvalue weighted by Crippen LogP contribution is -2.12. The minimum Gasteiger partial charge on any atom is -0.471 e. The molecule has 0 fully saturated rings. The first-order valence-corrected chi connectivity index (χ1v) is 12.5. The standard InChI is InChI=1S/C21H18Cl2N4O3S2/c1-21(2,3)19-26-17(18(31-19)15-7-9-24-20(23)25-15)13-5-4-6-14(16(13)22)27-32(28,29)12-8-10-30-11-12/h4-11,27H,1-3H3. The largest absolute Gasteiger partial charge is 0.471 e. The molecule has 166 valence electrons. The summed E-state index contributed by atoms with van der Waals surface area (Å²) in [5.41, 5.74) is 1.76. The molecule has 0 saturated heterocycles. The van der Waals surface area contributed by atoms with Crippen molar-refractivity contribution in [2.24, 2.45) is 0 Å². The Kier molecular flexibility index (Phi) is 6.02. The summed E-state index contributed by atoms with van der Waals surface area (Å²) >= 11 is 14.2. The monoisotopic (exact) mass is 508 g/mol. The van der Waals surface area contributed by atoms with E-state index in [1.807, 2.05) is 0 Å². The van der Waals surface area contributed by atoms with Gasteiger partial charge < -0.3 is 4.42 Å². The summed E-state index contributed by atoms with van der Waals surface area (Å²) in [7, 11) is -3.86. The maximum Gasteiger partial charge on any atom is 0.265 e. The van der Waals surface area contributed by atoms with E-state index < -0.39 is 10.0 Å². The second-order valence-corrected chi connectivity index (χ2v) is 11.3. The topological polar surface area (TPSA) is 98.0 Å². The number of rotatable bonds is 5. The van der Waals surface area contributed by atoms with Crippen LogP contribution in [0.25, 0.3) is 21.8 Å². The van der Waals surface area contributed by atoms with E-state index in [0.717, 1.165) is 16.1 Å². The molecule has 0 aliphatic carbocycles. The SMILES string of the molecule is CC(C)(C)c1nc(-c2cccc(NS(=O)(=O)c3ccoc3)c2Cl)c(-c2ccnc(Cl)n2)s1. The molecule has 0 unspecified atom stereocenters. The second kappa shape index (κ2) is 8.47. The van der Waals surface area contributed by atoms with E-state index in [9.17, 15) is 8.42 Å². The summed E-state index contributed by atoms with van der Waals surface area (Å²) < 4.78 is 32.7. The quantitative estimate of drug-likeness (QED) is 0.319. The summed E-state index contributed by atoms with van der Waals surface area (Å²) in [5.74, 6) is 0. The van der Waals surface area contributed by atoms with Crippen molar-refractivity contribution in [3.05, 3.63) is 64.4 Å². The van der Waals surface area contributed by atoms with Crippen LogP contribution in [0.4, 0.5) is 5.69 Å². The molecule has 1 N–H and O–H groups in total. The summed E-state index contributed by atoms with van der Waals surface area (Å²) in [6.07, 6.45) is 4.00. The van der Waals surface area contributed by atoms with Crippen molar-refractivity contribution in [3.8, 4) is 21.8 Å². The van der Waals surface area contributed by atoms with Gasteiger partial charge in [0, 0.05) is 17.2 Å². The molecular formula is C21H18Cl2N4O3S2. The van der Waals surface area contributed by atoms with Crippen LogP contribution >= 0.6 is 34.5 Å². The highest BCUT2D eigenvalue weighted by molar-refractivity contribution is 7.92. The van der Waals surface area contributed by atoms with Gasteiger partial charge in [-0.25, -0.2) is 23.4 Å². The van der Waals surface area contributed by atoms with Crippen LogP contribution in [-0.2, 0) is 15.4 Å². The van der Waals surface area contributed by atoms with Crippen molar-refractivity contribution in [2.45, 2.75) is 31.1 Å². The number of hydrogen-bond acceptors (Lipinski definition) is 7. The van der Waals surface area contributed by atoms with Crippen molar-refractivity contribution >= 4 is 50.2 Å². The molecule has 3 heterocycles. The van der Waals surface area contributed by atoms with Crippen LogP contribution in [0.1, 0.15) is 25.8 Å². The Balaban J connectivity index is 1.85. The van der Waals surface area contributed by atoms with E-state index in [-0.39, 0.29) is 26.3 Å². The number of halogens is 2. The Labute approximate surface area is 199 Å². The number of aromatic nitrogens is 3. The Hall–Kier alpha value is -2.46. The van der Waals surface area contributed by atoms with Crippen LogP contribution in [0.3, 0.4) is 0 Å². The average Bonchev–Trinajstić information content (AvgIpc) is 3.40. The Morgan fingerprint density at radius 2 is 1.88 bits per heavy atom. The molecular weight excluding hydrogens is 491 g/mol. The van der Waals surface area contributed by atoms with Crippen molar-refractivity contribution in [1.82, 2.24) is 15.0 Å². The van der Waals surface area contributed by atoms with Gasteiger partial charge in [-0.15, -0.1) is 11.3 Å². The summed E-state index contributed by atoms with van der Waals surface area (Å²) in [4.78, 5) is 13.9. The number of sulfonamides is 1. The van der Waals surface area contributed by atoms with E-state index in [2.05, 4.69) is 35.5 Å². The number of thiazole rings is 1. The van der Waals surface area contributed by atoms with Gasteiger partial charge in [-0.1, -0.05) is 44.5 Å². The van der Waals surface area contributed by atoms with Gasteiger partial charge in [0.25, 0.3) is 10.0 Å². The first-order valence-electron chi connectivity index (χ1n) is 9.40. The van der Waals surface area contributed by atoms with Crippen LogP contribution in [0.2, 0.25) is 10.3 Å². The number of hydrogen-bond donors (Lipinski definition) is 1. The third kappa shape index (κ3) is 4.52. The normalized spacial score (nSPS) is 12.2. The van der Waals surface area contributed by atoms with Gasteiger partial charge >= 0.3 is 0 Å². The number of nitrogens with zero attached hydrogens (tertiary/aromatic N) is 3. The van der Waals surface area contributed by atoms with Crippen LogP contribution in [-0.4, -0.2) is 23.4 Å². The van der Waals surface area contributed by atoms with Crippen molar-refractivity contribution in [3.63, 3.8) is 0 Å². The molecule has 4 aromatic rings. The molecule has 3 aromatic heterocycles. The van der Waals surface area contributed by atoms with Gasteiger partial charge in [0.15, 0.2) is 0 Å². The third-order valence-corrected chi connectivity index (χ3v) is 7.87. The van der Waals surface area contributed by atoms with Crippen LogP contribution in [0.5, 0.6) is 0 Å². The lowest BCUT2D eigenvalue weighted by molar-refractivity contribution is 0.557. The van der Waals surface area contributed by atoms with Gasteiger partial charge in [0.1, 0.15) is 11.2 Å². The maximum atomic E-state index is 12.6. The first kappa shape index (κ1) is 22.7. The number of furan rings is 1. The zero-order valence-corrected chi connectivity index (χ0v) is 20.4. The van der Waals surface area contributed by atoms with Crippen LogP contribution in [0, 0.1) is 0 Å². The van der Waals surface area contributed by atoms with E-state index in [1.54, 1.807) is 30.5 Å². The minimum absolute atomic E-state index is 0.000960. The lowest BCUT2D eigenvalue weighted by Gasteiger charge is -2.14. The Morgan fingerprint density at radius 1 is 1.09 bits per heavy atom. The predicted octanol–water partition coefficient (Wildman–Crippen LogP) is 6.27. The fourth-order valence-corrected chi connectivity index (χ4v) is 5.43. The fraction of sp³-hybridized carbons (Fsp3) is 0.190.